The van der Waals surface area contributed by atoms with Crippen LogP contribution in [0.3, 0.4) is 0 Å². The average Bonchev–Trinajstić information content (AvgIpc) is 3.19. The predicted molar refractivity (Wildman–Crippen MR) is 113 cm³/mol. The molecule has 0 radical (unpaired) electrons. The van der Waals surface area contributed by atoms with Gasteiger partial charge in [-0.2, -0.15) is 5.10 Å². The van der Waals surface area contributed by atoms with Crippen LogP contribution < -0.4 is 5.32 Å². The molecule has 0 saturated carbocycles. The quantitative estimate of drug-likeness (QED) is 0.503. The van der Waals surface area contributed by atoms with Crippen molar-refractivity contribution in [1.82, 2.24) is 9.78 Å². The normalized spacial score (nSPS) is 10.9. The number of nitrogens with zero attached hydrogens (tertiary/aromatic N) is 2. The number of ether oxygens (including phenoxy) is 2. The van der Waals surface area contributed by atoms with E-state index in [1.807, 2.05) is 38.1 Å². The van der Waals surface area contributed by atoms with Crippen LogP contribution in [-0.2, 0) is 22.5 Å². The molecule has 0 aliphatic heterocycles. The van der Waals surface area contributed by atoms with Crippen molar-refractivity contribution in [1.29, 1.82) is 0 Å². The number of nitrogens with one attached hydrogen (secondary N) is 1. The lowest BCUT2D eigenvalue weighted by atomic mass is 10.1. The van der Waals surface area contributed by atoms with Crippen molar-refractivity contribution in [2.75, 3.05) is 25.1 Å². The largest absolute Gasteiger partial charge is 0.379 e. The Morgan fingerprint density at radius 1 is 1.10 bits per heavy atom. The van der Waals surface area contributed by atoms with Crippen molar-refractivity contribution in [2.24, 2.45) is 0 Å². The predicted octanol–water partition coefficient (Wildman–Crippen LogP) is 4.38. The summed E-state index contributed by atoms with van der Waals surface area (Å²) in [4.78, 5) is 12.9. The molecule has 1 aromatic heterocycles. The zero-order valence-electron chi connectivity index (χ0n) is 17.2. The Labute approximate surface area is 175 Å². The minimum atomic E-state index is -0.316. The number of hydrogen-bond donors (Lipinski definition) is 1. The molecule has 2 aromatic carbocycles. The molecule has 1 N–H and O–H groups in total. The molecule has 30 heavy (non-hydrogen) atoms. The van der Waals surface area contributed by atoms with Crippen molar-refractivity contribution in [3.05, 3.63) is 77.4 Å². The number of carbonyl (C=O) groups excluding carboxylic acids is 1. The first kappa shape index (κ1) is 21.7. The molecule has 1 amide bonds. The summed E-state index contributed by atoms with van der Waals surface area (Å²) in [7, 11) is 0. The van der Waals surface area contributed by atoms with Gasteiger partial charge < -0.3 is 14.8 Å². The van der Waals surface area contributed by atoms with Gasteiger partial charge in [0.05, 0.1) is 43.0 Å². The van der Waals surface area contributed by atoms with Gasteiger partial charge in [0.1, 0.15) is 5.82 Å². The number of benzene rings is 2. The van der Waals surface area contributed by atoms with Crippen molar-refractivity contribution in [3.8, 4) is 5.69 Å². The lowest BCUT2D eigenvalue weighted by Crippen LogP contribution is -2.14. The Bertz CT molecular complexity index is 970. The van der Waals surface area contributed by atoms with E-state index in [0.717, 1.165) is 11.3 Å². The Kier molecular flexibility index (Phi) is 7.70. The molecule has 0 aliphatic carbocycles. The second-order valence-electron chi connectivity index (χ2n) is 6.65. The van der Waals surface area contributed by atoms with Gasteiger partial charge >= 0.3 is 0 Å². The summed E-state index contributed by atoms with van der Waals surface area (Å²) >= 11 is 0. The van der Waals surface area contributed by atoms with Gasteiger partial charge in [-0.05, 0) is 55.3 Å². The molecule has 0 bridgehead atoms. The van der Waals surface area contributed by atoms with Crippen LogP contribution in [0.15, 0.2) is 54.7 Å². The molecule has 0 saturated heterocycles. The molecule has 0 spiro atoms. The van der Waals surface area contributed by atoms with Crippen LogP contribution in [0.4, 0.5) is 10.1 Å². The first-order valence-electron chi connectivity index (χ1n) is 10.0. The van der Waals surface area contributed by atoms with Crippen LogP contribution in [0.2, 0.25) is 0 Å². The second-order valence-corrected chi connectivity index (χ2v) is 6.65. The van der Waals surface area contributed by atoms with Gasteiger partial charge in [0.15, 0.2) is 0 Å². The van der Waals surface area contributed by atoms with Crippen molar-refractivity contribution >= 4 is 11.6 Å². The SMILES string of the molecule is CCOCCOCc1cccc(NC(=O)c2cnn(-c3ccc(F)cc3)c2CC)c1. The number of halogens is 1. The lowest BCUT2D eigenvalue weighted by molar-refractivity contribution is 0.0453. The molecule has 0 atom stereocenters. The molecule has 0 fully saturated rings. The summed E-state index contributed by atoms with van der Waals surface area (Å²) in [6.07, 6.45) is 2.14. The number of carbonyl (C=O) groups is 1. The van der Waals surface area contributed by atoms with E-state index in [1.165, 1.54) is 18.3 Å². The smallest absolute Gasteiger partial charge is 0.259 e. The van der Waals surface area contributed by atoms with Crippen molar-refractivity contribution < 1.29 is 18.7 Å². The maximum absolute atomic E-state index is 13.2. The van der Waals surface area contributed by atoms with Gasteiger partial charge in [0.2, 0.25) is 0 Å². The van der Waals surface area contributed by atoms with Crippen molar-refractivity contribution in [3.63, 3.8) is 0 Å². The number of hydrogen-bond acceptors (Lipinski definition) is 4. The summed E-state index contributed by atoms with van der Waals surface area (Å²) in [5.41, 5.74) is 3.60. The maximum Gasteiger partial charge on any atom is 0.259 e. The summed E-state index contributed by atoms with van der Waals surface area (Å²) in [5.74, 6) is -0.557. The molecular weight excluding hydrogens is 385 g/mol. The Morgan fingerprint density at radius 2 is 1.87 bits per heavy atom. The van der Waals surface area contributed by atoms with Gasteiger partial charge in [0.25, 0.3) is 5.91 Å². The van der Waals surface area contributed by atoms with Crippen molar-refractivity contribution in [2.45, 2.75) is 26.9 Å². The zero-order chi connectivity index (χ0) is 21.3. The van der Waals surface area contributed by atoms with Crippen LogP contribution in [-0.4, -0.2) is 35.5 Å². The minimum Gasteiger partial charge on any atom is -0.379 e. The van der Waals surface area contributed by atoms with E-state index >= 15 is 0 Å². The summed E-state index contributed by atoms with van der Waals surface area (Å²) in [5, 5.41) is 7.26. The van der Waals surface area contributed by atoms with Gasteiger partial charge in [-0.15, -0.1) is 0 Å². The van der Waals surface area contributed by atoms with E-state index in [-0.39, 0.29) is 11.7 Å². The van der Waals surface area contributed by atoms with E-state index in [4.69, 9.17) is 9.47 Å². The van der Waals surface area contributed by atoms with Crippen LogP contribution in [0.1, 0.15) is 35.5 Å². The lowest BCUT2D eigenvalue weighted by Gasteiger charge is -2.10. The van der Waals surface area contributed by atoms with Gasteiger partial charge in [-0.3, -0.25) is 4.79 Å². The van der Waals surface area contributed by atoms with E-state index in [1.54, 1.807) is 16.8 Å². The standard InChI is InChI=1S/C23H26FN3O3/c1-3-22-21(15-25-27(22)20-10-8-18(24)9-11-20)23(28)26-19-7-5-6-17(14-19)16-30-13-12-29-4-2/h5-11,14-15H,3-4,12-13,16H2,1-2H3,(H,26,28). The molecular formula is C23H26FN3O3. The Hall–Kier alpha value is -3.03. The van der Waals surface area contributed by atoms with Crippen LogP contribution in [0, 0.1) is 5.82 Å². The fraction of sp³-hybridized carbons (Fsp3) is 0.304. The highest BCUT2D eigenvalue weighted by atomic mass is 19.1. The molecule has 0 aliphatic rings. The highest BCUT2D eigenvalue weighted by Crippen LogP contribution is 2.19. The first-order chi connectivity index (χ1) is 14.6. The van der Waals surface area contributed by atoms with E-state index in [0.29, 0.717) is 49.8 Å². The highest BCUT2D eigenvalue weighted by Gasteiger charge is 2.17. The molecule has 0 unspecified atom stereocenters. The summed E-state index contributed by atoms with van der Waals surface area (Å²) < 4.78 is 25.7. The fourth-order valence-electron chi connectivity index (χ4n) is 3.10. The molecule has 6 nitrogen and oxygen atoms in total. The minimum absolute atomic E-state index is 0.241. The van der Waals surface area contributed by atoms with Gasteiger partial charge in [-0.25, -0.2) is 9.07 Å². The number of anilines is 1. The van der Waals surface area contributed by atoms with Crippen LogP contribution in [0.5, 0.6) is 0 Å². The number of amides is 1. The molecule has 1 heterocycles. The highest BCUT2D eigenvalue weighted by molar-refractivity contribution is 6.05. The monoisotopic (exact) mass is 411 g/mol. The molecule has 7 heteroatoms. The molecule has 3 aromatic rings. The Balaban J connectivity index is 1.69. The van der Waals surface area contributed by atoms with E-state index in [2.05, 4.69) is 10.4 Å². The second kappa shape index (κ2) is 10.7. The third kappa shape index (κ3) is 5.52. The summed E-state index contributed by atoms with van der Waals surface area (Å²) in [6, 6.07) is 13.6. The van der Waals surface area contributed by atoms with Crippen LogP contribution >= 0.6 is 0 Å². The van der Waals surface area contributed by atoms with Gasteiger partial charge in [0, 0.05) is 12.3 Å². The maximum atomic E-state index is 13.2. The van der Waals surface area contributed by atoms with Gasteiger partial charge in [-0.1, -0.05) is 19.1 Å². The summed E-state index contributed by atoms with van der Waals surface area (Å²) in [6.45, 7) is 6.09. The topological polar surface area (TPSA) is 65.4 Å². The third-order valence-electron chi connectivity index (χ3n) is 4.55. The zero-order valence-corrected chi connectivity index (χ0v) is 17.2. The van der Waals surface area contributed by atoms with E-state index < -0.39 is 0 Å². The van der Waals surface area contributed by atoms with Crippen LogP contribution in [0.25, 0.3) is 5.69 Å². The van der Waals surface area contributed by atoms with E-state index in [9.17, 15) is 9.18 Å². The number of rotatable bonds is 10. The molecule has 158 valence electrons. The Morgan fingerprint density at radius 3 is 2.60 bits per heavy atom. The first-order valence-corrected chi connectivity index (χ1v) is 10.0. The molecule has 3 rings (SSSR count). The third-order valence-corrected chi connectivity index (χ3v) is 4.55. The fourth-order valence-corrected chi connectivity index (χ4v) is 3.10. The average molecular weight is 411 g/mol. The number of aromatic nitrogens is 2.